The van der Waals surface area contributed by atoms with Crippen LogP contribution in [0, 0.1) is 0 Å². The summed E-state index contributed by atoms with van der Waals surface area (Å²) in [5, 5.41) is 12.1. The lowest BCUT2D eigenvalue weighted by molar-refractivity contribution is -0.135. The zero-order valence-corrected chi connectivity index (χ0v) is 14.1. The largest absolute Gasteiger partial charge is 0.354 e. The predicted octanol–water partition coefficient (Wildman–Crippen LogP) is 0.621. The second-order valence-corrected chi connectivity index (χ2v) is 6.03. The first kappa shape index (κ1) is 15.6. The van der Waals surface area contributed by atoms with Crippen LogP contribution in [0.5, 0.6) is 0 Å². The van der Waals surface area contributed by atoms with E-state index in [9.17, 15) is 4.79 Å². The highest BCUT2D eigenvalue weighted by molar-refractivity contribution is 5.80. The Labute approximate surface area is 144 Å². The molecule has 4 heterocycles. The Morgan fingerprint density at radius 2 is 2.08 bits per heavy atom. The number of fused-ring (bicyclic) bond motifs is 1. The fourth-order valence-electron chi connectivity index (χ4n) is 3.29. The quantitative estimate of drug-likeness (QED) is 0.692. The third-order valence-corrected chi connectivity index (χ3v) is 4.62. The molecule has 0 aromatic carbocycles. The normalized spacial score (nSPS) is 16.4. The molecule has 0 unspecified atom stereocenters. The number of amides is 1. The number of aromatic nitrogens is 6. The SMILES string of the molecule is CC[C@H](C(=O)N1CCN(c2ccnc3nncn23)CC1)n1cccn1. The smallest absolute Gasteiger partial charge is 0.256 e. The van der Waals surface area contributed by atoms with Gasteiger partial charge in [-0.1, -0.05) is 6.92 Å². The Hall–Kier alpha value is -2.97. The third-order valence-electron chi connectivity index (χ3n) is 4.62. The lowest BCUT2D eigenvalue weighted by atomic mass is 10.2. The molecule has 1 fully saturated rings. The van der Waals surface area contributed by atoms with Gasteiger partial charge in [0.1, 0.15) is 18.2 Å². The number of carbonyl (C=O) groups is 1. The third kappa shape index (κ3) is 2.81. The number of carbonyl (C=O) groups excluding carboxylic acids is 1. The van der Waals surface area contributed by atoms with Crippen molar-refractivity contribution in [2.24, 2.45) is 0 Å². The Morgan fingerprint density at radius 1 is 1.24 bits per heavy atom. The first-order chi connectivity index (χ1) is 12.3. The van der Waals surface area contributed by atoms with Crippen molar-refractivity contribution < 1.29 is 4.79 Å². The van der Waals surface area contributed by atoms with E-state index < -0.39 is 0 Å². The number of rotatable bonds is 4. The van der Waals surface area contributed by atoms with Gasteiger partial charge in [-0.3, -0.25) is 13.9 Å². The zero-order valence-electron chi connectivity index (χ0n) is 14.1. The molecule has 0 spiro atoms. The van der Waals surface area contributed by atoms with Crippen molar-refractivity contribution in [3.8, 4) is 0 Å². The molecular formula is C16H20N8O. The summed E-state index contributed by atoms with van der Waals surface area (Å²) in [5.41, 5.74) is 0. The van der Waals surface area contributed by atoms with Gasteiger partial charge in [-0.05, 0) is 18.6 Å². The Morgan fingerprint density at radius 3 is 2.80 bits per heavy atom. The lowest BCUT2D eigenvalue weighted by Gasteiger charge is -2.37. The standard InChI is InChI=1S/C16H20N8O/c1-2-13(24-7-3-5-19-24)15(25)22-10-8-21(9-11-22)14-4-6-17-16-20-18-12-23(14)16/h3-7,12-13H,2,8-11H2,1H3/t13-/m1/s1. The number of anilines is 1. The second kappa shape index (κ2) is 6.50. The number of hydrogen-bond donors (Lipinski definition) is 0. The van der Waals surface area contributed by atoms with Gasteiger partial charge in [-0.25, -0.2) is 4.98 Å². The summed E-state index contributed by atoms with van der Waals surface area (Å²) >= 11 is 0. The van der Waals surface area contributed by atoms with Crippen molar-refractivity contribution in [3.63, 3.8) is 0 Å². The average molecular weight is 340 g/mol. The number of nitrogens with zero attached hydrogens (tertiary/aromatic N) is 8. The van der Waals surface area contributed by atoms with Gasteiger partial charge in [0.15, 0.2) is 0 Å². The van der Waals surface area contributed by atoms with Crippen LogP contribution in [-0.2, 0) is 4.79 Å². The molecule has 1 atom stereocenters. The zero-order chi connectivity index (χ0) is 17.2. The lowest BCUT2D eigenvalue weighted by Crippen LogP contribution is -2.51. The van der Waals surface area contributed by atoms with E-state index in [1.54, 1.807) is 23.4 Å². The van der Waals surface area contributed by atoms with Gasteiger partial charge in [0.05, 0.1) is 0 Å². The van der Waals surface area contributed by atoms with E-state index in [1.165, 1.54) is 0 Å². The Bertz CT molecular complexity index is 850. The molecule has 0 saturated carbocycles. The monoisotopic (exact) mass is 340 g/mol. The molecule has 25 heavy (non-hydrogen) atoms. The van der Waals surface area contributed by atoms with Gasteiger partial charge in [0.2, 0.25) is 5.91 Å². The van der Waals surface area contributed by atoms with Crippen LogP contribution in [0.4, 0.5) is 5.82 Å². The number of hydrogen-bond acceptors (Lipinski definition) is 6. The molecule has 0 bridgehead atoms. The van der Waals surface area contributed by atoms with Crippen LogP contribution in [0.3, 0.4) is 0 Å². The van der Waals surface area contributed by atoms with Crippen LogP contribution >= 0.6 is 0 Å². The van der Waals surface area contributed by atoms with Crippen molar-refractivity contribution in [1.82, 2.24) is 34.3 Å². The van der Waals surface area contributed by atoms with Crippen molar-refractivity contribution in [1.29, 1.82) is 0 Å². The fourth-order valence-corrected chi connectivity index (χ4v) is 3.29. The molecule has 0 radical (unpaired) electrons. The van der Waals surface area contributed by atoms with Crippen LogP contribution in [0.15, 0.2) is 37.1 Å². The van der Waals surface area contributed by atoms with Crippen molar-refractivity contribution in [3.05, 3.63) is 37.1 Å². The summed E-state index contributed by atoms with van der Waals surface area (Å²) in [6.45, 7) is 4.91. The van der Waals surface area contributed by atoms with E-state index in [2.05, 4.69) is 25.2 Å². The maximum atomic E-state index is 12.9. The molecule has 1 aliphatic heterocycles. The summed E-state index contributed by atoms with van der Waals surface area (Å²) in [4.78, 5) is 21.2. The van der Waals surface area contributed by atoms with Crippen LogP contribution in [0.2, 0.25) is 0 Å². The van der Waals surface area contributed by atoms with Gasteiger partial charge in [-0.15, -0.1) is 10.2 Å². The number of piperazine rings is 1. The molecule has 0 aliphatic carbocycles. The van der Waals surface area contributed by atoms with E-state index >= 15 is 0 Å². The summed E-state index contributed by atoms with van der Waals surface area (Å²) < 4.78 is 3.62. The molecule has 130 valence electrons. The Kier molecular flexibility index (Phi) is 4.04. The second-order valence-electron chi connectivity index (χ2n) is 6.03. The van der Waals surface area contributed by atoms with Gasteiger partial charge in [0.25, 0.3) is 5.78 Å². The molecule has 3 aromatic rings. The minimum absolute atomic E-state index is 0.134. The van der Waals surface area contributed by atoms with Gasteiger partial charge < -0.3 is 9.80 Å². The summed E-state index contributed by atoms with van der Waals surface area (Å²) in [7, 11) is 0. The van der Waals surface area contributed by atoms with Crippen LogP contribution in [0.25, 0.3) is 5.78 Å². The van der Waals surface area contributed by atoms with Crippen LogP contribution in [0.1, 0.15) is 19.4 Å². The van der Waals surface area contributed by atoms with Gasteiger partial charge in [-0.2, -0.15) is 5.10 Å². The van der Waals surface area contributed by atoms with Crippen LogP contribution in [-0.4, -0.2) is 66.3 Å². The van der Waals surface area contributed by atoms with Crippen LogP contribution < -0.4 is 4.90 Å². The first-order valence-electron chi connectivity index (χ1n) is 8.45. The van der Waals surface area contributed by atoms with E-state index in [1.807, 2.05) is 34.6 Å². The van der Waals surface area contributed by atoms with E-state index in [0.29, 0.717) is 18.9 Å². The average Bonchev–Trinajstić information content (AvgIpc) is 3.34. The van der Waals surface area contributed by atoms with E-state index in [-0.39, 0.29) is 11.9 Å². The molecule has 1 amide bonds. The van der Waals surface area contributed by atoms with E-state index in [0.717, 1.165) is 25.3 Å². The molecule has 3 aromatic heterocycles. The van der Waals surface area contributed by atoms with Crippen molar-refractivity contribution in [2.45, 2.75) is 19.4 Å². The molecule has 1 aliphatic rings. The first-order valence-corrected chi connectivity index (χ1v) is 8.45. The minimum Gasteiger partial charge on any atom is -0.354 e. The molecule has 0 N–H and O–H groups in total. The molecule has 9 nitrogen and oxygen atoms in total. The Balaban J connectivity index is 1.46. The molecule has 4 rings (SSSR count). The van der Waals surface area contributed by atoms with Gasteiger partial charge >= 0.3 is 0 Å². The maximum Gasteiger partial charge on any atom is 0.256 e. The minimum atomic E-state index is -0.230. The summed E-state index contributed by atoms with van der Waals surface area (Å²) in [6.07, 6.45) is 7.69. The highest BCUT2D eigenvalue weighted by Crippen LogP contribution is 2.19. The topological polar surface area (TPSA) is 84.5 Å². The molecule has 9 heteroatoms. The fraction of sp³-hybridized carbons (Fsp3) is 0.438. The molecular weight excluding hydrogens is 320 g/mol. The van der Waals surface area contributed by atoms with E-state index in [4.69, 9.17) is 0 Å². The molecule has 1 saturated heterocycles. The highest BCUT2D eigenvalue weighted by atomic mass is 16.2. The highest BCUT2D eigenvalue weighted by Gasteiger charge is 2.28. The predicted molar refractivity (Wildman–Crippen MR) is 91.1 cm³/mol. The maximum absolute atomic E-state index is 12.9. The summed E-state index contributed by atoms with van der Waals surface area (Å²) in [6, 6.07) is 3.57. The van der Waals surface area contributed by atoms with Crippen molar-refractivity contribution >= 4 is 17.5 Å². The van der Waals surface area contributed by atoms with Crippen molar-refractivity contribution in [2.75, 3.05) is 31.1 Å². The summed E-state index contributed by atoms with van der Waals surface area (Å²) in [5.74, 6) is 1.72. The van der Waals surface area contributed by atoms with Gasteiger partial charge in [0, 0.05) is 44.8 Å².